The van der Waals surface area contributed by atoms with E-state index in [1.165, 1.54) is 76.2 Å². The largest absolute Gasteiger partial charge is 0.0776 e. The fourth-order valence-electron chi connectivity index (χ4n) is 5.85. The summed E-state index contributed by atoms with van der Waals surface area (Å²) in [7, 11) is 0. The molecule has 6 rings (SSSR count). The van der Waals surface area contributed by atoms with Crippen molar-refractivity contribution < 1.29 is 0 Å². The van der Waals surface area contributed by atoms with Crippen LogP contribution in [0.3, 0.4) is 0 Å². The van der Waals surface area contributed by atoms with Crippen LogP contribution in [0.2, 0.25) is 0 Å². The Morgan fingerprint density at radius 1 is 0.545 bits per heavy atom. The summed E-state index contributed by atoms with van der Waals surface area (Å²) in [5.74, 6) is 1.69. The molecule has 2 atom stereocenters. The standard InChI is InChI=1S/3C11H14.C3H8.2C2H6.4CH4/c2*1-9-5-4-7-10-6-2-3-8-11(9)10;1-9-6-7-10-4-2-3-5-11(10)8-9;1-3-2;2*1-2;;;;/h4-5,7H,2-3,6,8H2,1H3;2-3,6,8-9H,4-5,7H2,1H3;2-5,9H,6-8H2,1H3;3H2,1-2H3;2*1-2H3;4*1H4. The van der Waals surface area contributed by atoms with Crippen LogP contribution in [-0.4, -0.2) is 0 Å². The lowest BCUT2D eigenvalue weighted by Crippen LogP contribution is -2.10. The number of aryl methyl sites for hydroxylation is 4. The summed E-state index contributed by atoms with van der Waals surface area (Å²) in [5.41, 5.74) is 11.0. The van der Waals surface area contributed by atoms with Gasteiger partial charge in [-0.1, -0.05) is 158 Å². The lowest BCUT2D eigenvalue weighted by molar-refractivity contribution is 0.501. The van der Waals surface area contributed by atoms with Crippen LogP contribution in [0.5, 0.6) is 0 Å². The summed E-state index contributed by atoms with van der Waals surface area (Å²) in [6.45, 7) is 19.2. The minimum Gasteiger partial charge on any atom is -0.0776 e. The summed E-state index contributed by atoms with van der Waals surface area (Å²) in [5, 5.41) is 0. The number of fused-ring (bicyclic) bond motifs is 3. The van der Waals surface area contributed by atoms with Gasteiger partial charge < -0.3 is 0 Å². The van der Waals surface area contributed by atoms with E-state index in [0.29, 0.717) is 0 Å². The molecule has 0 fully saturated rings. The van der Waals surface area contributed by atoms with Gasteiger partial charge in [-0.05, 0) is 122 Å². The van der Waals surface area contributed by atoms with Crippen molar-refractivity contribution in [3.63, 3.8) is 0 Å². The van der Waals surface area contributed by atoms with Gasteiger partial charge in [0.15, 0.2) is 0 Å². The van der Waals surface area contributed by atoms with E-state index in [1.807, 2.05) is 27.7 Å². The van der Waals surface area contributed by atoms with E-state index in [9.17, 15) is 0 Å². The van der Waals surface area contributed by atoms with Gasteiger partial charge >= 0.3 is 0 Å². The summed E-state index contributed by atoms with van der Waals surface area (Å²) in [4.78, 5) is 0. The highest BCUT2D eigenvalue weighted by molar-refractivity contribution is 5.36. The summed E-state index contributed by atoms with van der Waals surface area (Å²) < 4.78 is 0. The molecule has 0 N–H and O–H groups in total. The topological polar surface area (TPSA) is 0 Å². The van der Waals surface area contributed by atoms with Gasteiger partial charge in [-0.15, -0.1) is 0 Å². The molecule has 0 aromatic heterocycles. The van der Waals surface area contributed by atoms with E-state index < -0.39 is 0 Å². The van der Waals surface area contributed by atoms with Crippen LogP contribution >= 0.6 is 0 Å². The first-order valence-electron chi connectivity index (χ1n) is 16.7. The third kappa shape index (κ3) is 16.7. The average Bonchev–Trinajstić information content (AvgIpc) is 3.01. The Hall–Kier alpha value is -2.34. The van der Waals surface area contributed by atoms with E-state index in [1.54, 1.807) is 33.4 Å². The van der Waals surface area contributed by atoms with Crippen molar-refractivity contribution in [2.75, 3.05) is 0 Å². The molecular formula is C44H78. The zero-order valence-electron chi connectivity index (χ0n) is 27.8. The van der Waals surface area contributed by atoms with Gasteiger partial charge in [-0.2, -0.15) is 0 Å². The highest BCUT2D eigenvalue weighted by atomic mass is 14.2. The van der Waals surface area contributed by atoms with Gasteiger partial charge in [0, 0.05) is 0 Å². The van der Waals surface area contributed by atoms with E-state index >= 15 is 0 Å². The zero-order valence-corrected chi connectivity index (χ0v) is 27.8. The summed E-state index contributed by atoms with van der Waals surface area (Å²) >= 11 is 0. The normalized spacial score (nSPS) is 16.1. The van der Waals surface area contributed by atoms with Crippen molar-refractivity contribution in [2.45, 2.75) is 169 Å². The van der Waals surface area contributed by atoms with Gasteiger partial charge in [0.1, 0.15) is 0 Å². The average molecular weight is 607 g/mol. The first kappa shape index (κ1) is 48.6. The number of benzene rings is 3. The van der Waals surface area contributed by atoms with Crippen LogP contribution in [-0.2, 0) is 32.1 Å². The molecule has 0 amide bonds. The lowest BCUT2D eigenvalue weighted by atomic mass is 9.84. The minimum absolute atomic E-state index is 0. The minimum atomic E-state index is 0. The first-order valence-corrected chi connectivity index (χ1v) is 16.7. The Kier molecular flexibility index (Phi) is 32.4. The SMILES string of the molecule is C.C.C.C.CC.CC.CC1CCCc2ccccc21.CC1CCc2ccccc2C1.CCC.Cc1cccc2c1CCCC2. The molecule has 3 aliphatic rings. The van der Waals surface area contributed by atoms with Crippen LogP contribution in [0.1, 0.15) is 168 Å². The molecule has 0 heterocycles. The fourth-order valence-corrected chi connectivity index (χ4v) is 5.85. The van der Waals surface area contributed by atoms with Gasteiger partial charge in [-0.3, -0.25) is 0 Å². The molecular weight excluding hydrogens is 528 g/mol. The number of rotatable bonds is 0. The van der Waals surface area contributed by atoms with Crippen LogP contribution in [0, 0.1) is 12.8 Å². The van der Waals surface area contributed by atoms with Gasteiger partial charge in [0.05, 0.1) is 0 Å². The summed E-state index contributed by atoms with van der Waals surface area (Å²) in [6.07, 6.45) is 14.6. The molecule has 2 unspecified atom stereocenters. The second-order valence-corrected chi connectivity index (χ2v) is 11.2. The maximum atomic E-state index is 2.34. The Labute approximate surface area is 279 Å². The third-order valence-electron chi connectivity index (χ3n) is 7.89. The predicted molar refractivity (Wildman–Crippen MR) is 209 cm³/mol. The molecule has 3 aromatic rings. The van der Waals surface area contributed by atoms with Crippen molar-refractivity contribution in [1.29, 1.82) is 0 Å². The molecule has 0 bridgehead atoms. The van der Waals surface area contributed by atoms with Gasteiger partial charge in [0.25, 0.3) is 0 Å². The van der Waals surface area contributed by atoms with Crippen LogP contribution in [0.4, 0.5) is 0 Å². The van der Waals surface area contributed by atoms with Crippen molar-refractivity contribution in [2.24, 2.45) is 5.92 Å². The smallest absolute Gasteiger partial charge is 0.0188 e. The van der Waals surface area contributed by atoms with Crippen molar-refractivity contribution >= 4 is 0 Å². The van der Waals surface area contributed by atoms with Gasteiger partial charge in [-0.25, -0.2) is 0 Å². The molecule has 3 aromatic carbocycles. The molecule has 254 valence electrons. The Morgan fingerprint density at radius 2 is 1.05 bits per heavy atom. The number of hydrogen-bond acceptors (Lipinski definition) is 0. The Balaban J connectivity index is -0.000000237. The Bertz CT molecular complexity index is 1040. The van der Waals surface area contributed by atoms with Gasteiger partial charge in [0.2, 0.25) is 0 Å². The Morgan fingerprint density at radius 3 is 1.64 bits per heavy atom. The molecule has 0 nitrogen and oxygen atoms in total. The van der Waals surface area contributed by atoms with Crippen molar-refractivity contribution in [1.82, 2.24) is 0 Å². The molecule has 0 aliphatic heterocycles. The zero-order chi connectivity index (χ0) is 29.8. The highest BCUT2D eigenvalue weighted by Gasteiger charge is 2.15. The summed E-state index contributed by atoms with van der Waals surface area (Å²) in [6, 6.07) is 24.4. The first-order chi connectivity index (χ1) is 19.5. The maximum Gasteiger partial charge on any atom is -0.0188 e. The second kappa shape index (κ2) is 29.4. The van der Waals surface area contributed by atoms with E-state index in [-0.39, 0.29) is 29.7 Å². The van der Waals surface area contributed by atoms with E-state index in [2.05, 4.69) is 101 Å². The molecule has 0 spiro atoms. The molecule has 44 heavy (non-hydrogen) atoms. The quantitative estimate of drug-likeness (QED) is 0.239. The van der Waals surface area contributed by atoms with Crippen molar-refractivity contribution in [3.8, 4) is 0 Å². The third-order valence-corrected chi connectivity index (χ3v) is 7.89. The monoisotopic (exact) mass is 607 g/mol. The second-order valence-electron chi connectivity index (χ2n) is 11.2. The number of hydrogen-bond donors (Lipinski definition) is 0. The predicted octanol–water partition coefficient (Wildman–Crippen LogP) is 14.8. The molecule has 0 heteroatoms. The van der Waals surface area contributed by atoms with Crippen LogP contribution in [0.25, 0.3) is 0 Å². The molecule has 3 aliphatic carbocycles. The molecule has 0 radical (unpaired) electrons. The van der Waals surface area contributed by atoms with E-state index in [4.69, 9.17) is 0 Å². The van der Waals surface area contributed by atoms with E-state index in [0.717, 1.165) is 11.8 Å². The maximum absolute atomic E-state index is 2.34. The van der Waals surface area contributed by atoms with Crippen LogP contribution in [0.15, 0.2) is 66.7 Å². The fraction of sp³-hybridized carbons (Fsp3) is 0.591. The highest BCUT2D eigenvalue weighted by Crippen LogP contribution is 2.30. The van der Waals surface area contributed by atoms with Crippen molar-refractivity contribution in [3.05, 3.63) is 106 Å². The lowest BCUT2D eigenvalue weighted by Gasteiger charge is -2.21. The molecule has 0 saturated carbocycles. The molecule has 0 saturated heterocycles. The van der Waals surface area contributed by atoms with Crippen LogP contribution < -0.4 is 0 Å².